The van der Waals surface area contributed by atoms with Crippen LogP contribution in [-0.4, -0.2) is 49.6 Å². The quantitative estimate of drug-likeness (QED) is 0.581. The number of carbonyl (C=O) groups excluding carboxylic acids is 1. The average Bonchev–Trinajstić information content (AvgIpc) is 1.85. The lowest BCUT2D eigenvalue weighted by Crippen LogP contribution is -2.45. The fourth-order valence-electron chi connectivity index (χ4n) is 1.42. The van der Waals surface area contributed by atoms with Crippen LogP contribution in [0, 0.1) is 0 Å². The molecule has 2 N–H and O–H groups in total. The minimum Gasteiger partial charge on any atom is -0.369 e. The van der Waals surface area contributed by atoms with Crippen LogP contribution in [0.2, 0.25) is 0 Å². The highest BCUT2D eigenvalue weighted by Gasteiger charge is 2.15. The third-order valence-corrected chi connectivity index (χ3v) is 1.88. The number of amides is 1. The molecule has 0 aliphatic carbocycles. The summed E-state index contributed by atoms with van der Waals surface area (Å²) in [6.45, 7) is 2.40. The highest BCUT2D eigenvalue weighted by atomic mass is 16.1. The first kappa shape index (κ1) is 11.4. The van der Waals surface area contributed by atoms with Crippen molar-refractivity contribution >= 4 is 5.91 Å². The summed E-state index contributed by atoms with van der Waals surface area (Å²) in [4.78, 5) is 14.6. The van der Waals surface area contributed by atoms with E-state index in [4.69, 9.17) is 5.73 Å². The summed E-state index contributed by atoms with van der Waals surface area (Å²) in [5.41, 5.74) is 5.09. The summed E-state index contributed by atoms with van der Waals surface area (Å²) >= 11 is 0. The SMILES string of the molecule is CCC(N(C)C)N(C)CC(N)=O. The summed E-state index contributed by atoms with van der Waals surface area (Å²) in [6.07, 6.45) is 1.27. The molecule has 0 saturated heterocycles. The second kappa shape index (κ2) is 5.11. The molecule has 4 heteroatoms. The van der Waals surface area contributed by atoms with E-state index in [9.17, 15) is 4.79 Å². The van der Waals surface area contributed by atoms with E-state index in [1.54, 1.807) is 0 Å². The van der Waals surface area contributed by atoms with Gasteiger partial charge in [0.05, 0.1) is 12.7 Å². The van der Waals surface area contributed by atoms with Crippen LogP contribution in [0.1, 0.15) is 13.3 Å². The number of carbonyl (C=O) groups is 1. The van der Waals surface area contributed by atoms with Gasteiger partial charge < -0.3 is 5.73 Å². The molecule has 0 spiro atoms. The molecule has 0 aliphatic rings. The molecule has 0 aromatic carbocycles. The molecular weight excluding hydrogens is 154 g/mol. The molecule has 1 unspecified atom stereocenters. The molecule has 0 radical (unpaired) electrons. The maximum atomic E-state index is 10.6. The third-order valence-electron chi connectivity index (χ3n) is 1.88. The van der Waals surface area contributed by atoms with Crippen molar-refractivity contribution in [1.82, 2.24) is 9.80 Å². The Kier molecular flexibility index (Phi) is 4.85. The highest BCUT2D eigenvalue weighted by Crippen LogP contribution is 2.02. The summed E-state index contributed by atoms with van der Waals surface area (Å²) in [5, 5.41) is 0. The predicted molar refractivity (Wildman–Crippen MR) is 49.6 cm³/mol. The second-order valence-electron chi connectivity index (χ2n) is 3.23. The summed E-state index contributed by atoms with van der Waals surface area (Å²) in [5.74, 6) is -0.280. The molecule has 0 aliphatic heterocycles. The van der Waals surface area contributed by atoms with Crippen LogP contribution in [-0.2, 0) is 4.79 Å². The smallest absolute Gasteiger partial charge is 0.231 e. The first-order valence-corrected chi connectivity index (χ1v) is 4.14. The van der Waals surface area contributed by atoms with Crippen molar-refractivity contribution in [2.75, 3.05) is 27.7 Å². The molecule has 1 atom stereocenters. The largest absolute Gasteiger partial charge is 0.369 e. The van der Waals surface area contributed by atoms with Crippen LogP contribution in [0.3, 0.4) is 0 Å². The number of nitrogens with zero attached hydrogens (tertiary/aromatic N) is 2. The summed E-state index contributed by atoms with van der Waals surface area (Å²) < 4.78 is 0. The Morgan fingerprint density at radius 1 is 1.42 bits per heavy atom. The van der Waals surface area contributed by atoms with E-state index in [2.05, 4.69) is 11.8 Å². The third kappa shape index (κ3) is 3.69. The van der Waals surface area contributed by atoms with Crippen LogP contribution in [0.4, 0.5) is 0 Å². The molecule has 0 fully saturated rings. The average molecular weight is 173 g/mol. The Bertz CT molecular complexity index is 147. The van der Waals surface area contributed by atoms with Gasteiger partial charge in [0.25, 0.3) is 0 Å². The van der Waals surface area contributed by atoms with Gasteiger partial charge in [0.15, 0.2) is 0 Å². The van der Waals surface area contributed by atoms with Crippen molar-refractivity contribution in [2.45, 2.75) is 19.5 Å². The van der Waals surface area contributed by atoms with E-state index >= 15 is 0 Å². The molecule has 4 nitrogen and oxygen atoms in total. The van der Waals surface area contributed by atoms with Crippen LogP contribution in [0.15, 0.2) is 0 Å². The first-order valence-electron chi connectivity index (χ1n) is 4.14. The molecule has 0 rings (SSSR count). The number of hydrogen-bond acceptors (Lipinski definition) is 3. The van der Waals surface area contributed by atoms with E-state index in [0.717, 1.165) is 6.42 Å². The molecule has 0 bridgehead atoms. The molecular formula is C8H19N3O. The fraction of sp³-hybridized carbons (Fsp3) is 0.875. The van der Waals surface area contributed by atoms with Crippen molar-refractivity contribution in [3.05, 3.63) is 0 Å². The molecule has 0 aromatic heterocycles. The fourth-order valence-corrected chi connectivity index (χ4v) is 1.42. The van der Waals surface area contributed by atoms with Gasteiger partial charge in [-0.2, -0.15) is 0 Å². The summed E-state index contributed by atoms with van der Waals surface area (Å²) in [6, 6.07) is 0. The summed E-state index contributed by atoms with van der Waals surface area (Å²) in [7, 11) is 5.89. The van der Waals surface area contributed by atoms with Crippen LogP contribution in [0.25, 0.3) is 0 Å². The van der Waals surface area contributed by atoms with Crippen LogP contribution >= 0.6 is 0 Å². The Morgan fingerprint density at radius 3 is 2.17 bits per heavy atom. The van der Waals surface area contributed by atoms with Gasteiger partial charge in [-0.1, -0.05) is 6.92 Å². The minimum absolute atomic E-state index is 0.280. The van der Waals surface area contributed by atoms with Crippen molar-refractivity contribution in [2.24, 2.45) is 5.73 Å². The van der Waals surface area contributed by atoms with Gasteiger partial charge in [-0.25, -0.2) is 0 Å². The number of primary amides is 1. The van der Waals surface area contributed by atoms with Crippen molar-refractivity contribution in [1.29, 1.82) is 0 Å². The Hall–Kier alpha value is -0.610. The zero-order valence-corrected chi connectivity index (χ0v) is 8.37. The molecule has 0 saturated carbocycles. The standard InChI is InChI=1S/C8H19N3O/c1-5-8(10(2)3)11(4)6-7(9)12/h8H,5-6H2,1-4H3,(H2,9,12). The minimum atomic E-state index is -0.280. The van der Waals surface area contributed by atoms with Gasteiger partial charge in [0.2, 0.25) is 5.91 Å². The van der Waals surface area contributed by atoms with Gasteiger partial charge in [0.1, 0.15) is 0 Å². The second-order valence-corrected chi connectivity index (χ2v) is 3.23. The predicted octanol–water partition coefficient (Wildman–Crippen LogP) is -0.299. The van der Waals surface area contributed by atoms with E-state index in [1.165, 1.54) is 0 Å². The normalized spacial score (nSPS) is 13.8. The van der Waals surface area contributed by atoms with Gasteiger partial charge in [-0.15, -0.1) is 0 Å². The van der Waals surface area contributed by atoms with E-state index in [0.29, 0.717) is 6.54 Å². The molecule has 0 aromatic rings. The van der Waals surface area contributed by atoms with E-state index in [-0.39, 0.29) is 12.1 Å². The van der Waals surface area contributed by atoms with Crippen molar-refractivity contribution in [3.8, 4) is 0 Å². The Morgan fingerprint density at radius 2 is 1.92 bits per heavy atom. The van der Waals surface area contributed by atoms with Crippen molar-refractivity contribution in [3.63, 3.8) is 0 Å². The molecule has 0 heterocycles. The molecule has 72 valence electrons. The maximum Gasteiger partial charge on any atom is 0.231 e. The number of rotatable bonds is 5. The van der Waals surface area contributed by atoms with E-state index in [1.807, 2.05) is 26.0 Å². The number of nitrogens with two attached hydrogens (primary N) is 1. The first-order chi connectivity index (χ1) is 5.49. The molecule has 1 amide bonds. The van der Waals surface area contributed by atoms with Gasteiger partial charge in [-0.05, 0) is 27.6 Å². The Labute approximate surface area is 74.3 Å². The monoisotopic (exact) mass is 173 g/mol. The van der Waals surface area contributed by atoms with Crippen LogP contribution < -0.4 is 5.73 Å². The topological polar surface area (TPSA) is 49.6 Å². The van der Waals surface area contributed by atoms with E-state index < -0.39 is 0 Å². The van der Waals surface area contributed by atoms with Gasteiger partial charge in [-0.3, -0.25) is 14.6 Å². The number of likely N-dealkylation sites (N-methyl/N-ethyl adjacent to an activating group) is 1. The lowest BCUT2D eigenvalue weighted by Gasteiger charge is -2.31. The lowest BCUT2D eigenvalue weighted by molar-refractivity contribution is -0.120. The van der Waals surface area contributed by atoms with Crippen molar-refractivity contribution < 1.29 is 4.79 Å². The van der Waals surface area contributed by atoms with Crippen LogP contribution in [0.5, 0.6) is 0 Å². The van der Waals surface area contributed by atoms with Gasteiger partial charge in [0, 0.05) is 0 Å². The molecule has 12 heavy (non-hydrogen) atoms. The Balaban J connectivity index is 4.02. The lowest BCUT2D eigenvalue weighted by atomic mass is 10.3. The zero-order chi connectivity index (χ0) is 9.72. The van der Waals surface area contributed by atoms with Gasteiger partial charge >= 0.3 is 0 Å². The highest BCUT2D eigenvalue weighted by molar-refractivity contribution is 5.75. The maximum absolute atomic E-state index is 10.6. The number of hydrogen-bond donors (Lipinski definition) is 1. The zero-order valence-electron chi connectivity index (χ0n) is 8.37.